The van der Waals surface area contributed by atoms with Gasteiger partial charge in [0.1, 0.15) is 15.9 Å². The number of nitrogens with zero attached hydrogens (tertiary/aromatic N) is 1. The Hall–Kier alpha value is -2.65. The fourth-order valence-electron chi connectivity index (χ4n) is 2.40. The summed E-state index contributed by atoms with van der Waals surface area (Å²) in [4.78, 5) is 24.6. The standard InChI is InChI=1S/C19H20N2O3S/c1-5-24-19(23)17-13(4)15(10-20)18(25-17)21-16(22)9-14-7-6-11(2)12(3)8-14/h6-8H,5,9H2,1-4H3,(H,21,22). The molecular formula is C19H20N2O3S. The first kappa shape index (κ1) is 18.7. The number of nitriles is 1. The number of esters is 1. The van der Waals surface area contributed by atoms with Gasteiger partial charge < -0.3 is 10.1 Å². The molecule has 130 valence electrons. The van der Waals surface area contributed by atoms with Gasteiger partial charge in [-0.05, 0) is 49.9 Å². The highest BCUT2D eigenvalue weighted by Gasteiger charge is 2.22. The van der Waals surface area contributed by atoms with Gasteiger partial charge in [-0.1, -0.05) is 18.2 Å². The van der Waals surface area contributed by atoms with Crippen LogP contribution in [0.5, 0.6) is 0 Å². The highest BCUT2D eigenvalue weighted by atomic mass is 32.1. The third kappa shape index (κ3) is 4.25. The Morgan fingerprint density at radius 3 is 2.56 bits per heavy atom. The molecule has 1 N–H and O–H groups in total. The Morgan fingerprint density at radius 2 is 1.96 bits per heavy atom. The normalized spacial score (nSPS) is 10.2. The van der Waals surface area contributed by atoms with E-state index in [0.29, 0.717) is 21.0 Å². The summed E-state index contributed by atoms with van der Waals surface area (Å²) < 4.78 is 5.00. The van der Waals surface area contributed by atoms with E-state index in [2.05, 4.69) is 11.4 Å². The molecule has 2 aromatic rings. The van der Waals surface area contributed by atoms with Gasteiger partial charge in [0.2, 0.25) is 5.91 Å². The molecule has 0 saturated carbocycles. The molecule has 0 saturated heterocycles. The van der Waals surface area contributed by atoms with E-state index in [-0.39, 0.29) is 18.9 Å². The van der Waals surface area contributed by atoms with Crippen LogP contribution in [0, 0.1) is 32.1 Å². The van der Waals surface area contributed by atoms with E-state index < -0.39 is 5.97 Å². The number of hydrogen-bond acceptors (Lipinski definition) is 5. The summed E-state index contributed by atoms with van der Waals surface area (Å²) >= 11 is 1.07. The van der Waals surface area contributed by atoms with E-state index in [9.17, 15) is 14.9 Å². The van der Waals surface area contributed by atoms with Crippen molar-refractivity contribution in [2.24, 2.45) is 0 Å². The number of amides is 1. The maximum atomic E-state index is 12.3. The molecule has 1 aromatic heterocycles. The summed E-state index contributed by atoms with van der Waals surface area (Å²) in [7, 11) is 0. The van der Waals surface area contributed by atoms with Crippen molar-refractivity contribution in [1.82, 2.24) is 0 Å². The van der Waals surface area contributed by atoms with Gasteiger partial charge in [-0.3, -0.25) is 4.79 Å². The van der Waals surface area contributed by atoms with Crippen LogP contribution < -0.4 is 5.32 Å². The van der Waals surface area contributed by atoms with Gasteiger partial charge in [-0.25, -0.2) is 4.79 Å². The quantitative estimate of drug-likeness (QED) is 0.824. The topological polar surface area (TPSA) is 79.2 Å². The third-order valence-electron chi connectivity index (χ3n) is 3.91. The van der Waals surface area contributed by atoms with Crippen molar-refractivity contribution in [2.45, 2.75) is 34.1 Å². The van der Waals surface area contributed by atoms with Crippen molar-refractivity contribution in [3.63, 3.8) is 0 Å². The summed E-state index contributed by atoms with van der Waals surface area (Å²) in [5, 5.41) is 12.5. The van der Waals surface area contributed by atoms with Crippen LogP contribution in [0.4, 0.5) is 5.00 Å². The lowest BCUT2D eigenvalue weighted by molar-refractivity contribution is -0.115. The van der Waals surface area contributed by atoms with Gasteiger partial charge in [0.25, 0.3) is 0 Å². The SMILES string of the molecule is CCOC(=O)c1sc(NC(=O)Cc2ccc(C)c(C)c2)c(C#N)c1C. The van der Waals surface area contributed by atoms with Crippen LogP contribution in [-0.2, 0) is 16.0 Å². The fourth-order valence-corrected chi connectivity index (χ4v) is 3.46. The van der Waals surface area contributed by atoms with Crippen LogP contribution in [0.3, 0.4) is 0 Å². The largest absolute Gasteiger partial charge is 0.462 e. The van der Waals surface area contributed by atoms with E-state index in [4.69, 9.17) is 4.74 Å². The zero-order chi connectivity index (χ0) is 18.6. The molecule has 2 rings (SSSR count). The number of hydrogen-bond donors (Lipinski definition) is 1. The smallest absolute Gasteiger partial charge is 0.348 e. The first-order chi connectivity index (χ1) is 11.9. The van der Waals surface area contributed by atoms with Crippen LogP contribution in [0.25, 0.3) is 0 Å². The molecule has 1 aromatic carbocycles. The minimum atomic E-state index is -0.476. The van der Waals surface area contributed by atoms with Gasteiger partial charge in [-0.2, -0.15) is 5.26 Å². The average Bonchev–Trinajstić information content (AvgIpc) is 2.86. The third-order valence-corrected chi connectivity index (χ3v) is 5.10. The van der Waals surface area contributed by atoms with E-state index in [1.807, 2.05) is 32.0 Å². The van der Waals surface area contributed by atoms with Crippen LogP contribution in [0.1, 0.15) is 44.4 Å². The maximum Gasteiger partial charge on any atom is 0.348 e. The Balaban J connectivity index is 2.20. The maximum absolute atomic E-state index is 12.3. The molecular weight excluding hydrogens is 336 g/mol. The molecule has 0 bridgehead atoms. The number of carbonyl (C=O) groups is 2. The molecule has 0 radical (unpaired) electrons. The number of ether oxygens (including phenoxy) is 1. The predicted molar refractivity (Wildman–Crippen MR) is 98.0 cm³/mol. The van der Waals surface area contributed by atoms with Gasteiger partial charge >= 0.3 is 5.97 Å². The second kappa shape index (κ2) is 7.95. The average molecular weight is 356 g/mol. The second-order valence-corrected chi connectivity index (χ2v) is 6.76. The molecule has 0 unspecified atom stereocenters. The summed E-state index contributed by atoms with van der Waals surface area (Å²) in [6.07, 6.45) is 0.206. The lowest BCUT2D eigenvalue weighted by atomic mass is 10.0. The highest BCUT2D eigenvalue weighted by molar-refractivity contribution is 7.18. The van der Waals surface area contributed by atoms with Crippen LogP contribution in [-0.4, -0.2) is 18.5 Å². The summed E-state index contributed by atoms with van der Waals surface area (Å²) in [5.74, 6) is -0.701. The zero-order valence-electron chi connectivity index (χ0n) is 14.7. The van der Waals surface area contributed by atoms with Crippen molar-refractivity contribution in [3.8, 4) is 6.07 Å². The number of nitrogens with one attached hydrogen (secondary N) is 1. The predicted octanol–water partition coefficient (Wildman–Crippen LogP) is 3.90. The van der Waals surface area contributed by atoms with Gasteiger partial charge in [0, 0.05) is 0 Å². The number of rotatable bonds is 5. The van der Waals surface area contributed by atoms with Crippen molar-refractivity contribution in [3.05, 3.63) is 50.9 Å². The Kier molecular flexibility index (Phi) is 5.94. The summed E-state index contributed by atoms with van der Waals surface area (Å²) in [5.41, 5.74) is 4.04. The molecule has 25 heavy (non-hydrogen) atoms. The van der Waals surface area contributed by atoms with E-state index in [0.717, 1.165) is 22.5 Å². The monoisotopic (exact) mass is 356 g/mol. The molecule has 1 amide bonds. The van der Waals surface area contributed by atoms with E-state index in [1.165, 1.54) is 5.56 Å². The van der Waals surface area contributed by atoms with E-state index >= 15 is 0 Å². The minimum absolute atomic E-state index is 0.206. The van der Waals surface area contributed by atoms with Crippen molar-refractivity contribution >= 4 is 28.2 Å². The molecule has 6 heteroatoms. The van der Waals surface area contributed by atoms with Crippen molar-refractivity contribution < 1.29 is 14.3 Å². The van der Waals surface area contributed by atoms with Crippen LogP contribution in [0.15, 0.2) is 18.2 Å². The Morgan fingerprint density at radius 1 is 1.24 bits per heavy atom. The Labute approximate surface area is 151 Å². The van der Waals surface area contributed by atoms with Crippen molar-refractivity contribution in [2.75, 3.05) is 11.9 Å². The van der Waals surface area contributed by atoms with E-state index in [1.54, 1.807) is 13.8 Å². The number of thiophene rings is 1. The molecule has 0 atom stereocenters. The van der Waals surface area contributed by atoms with Gasteiger partial charge in [0.15, 0.2) is 0 Å². The molecule has 0 fully saturated rings. The second-order valence-electron chi connectivity index (χ2n) is 5.74. The first-order valence-electron chi connectivity index (χ1n) is 7.94. The summed E-state index contributed by atoms with van der Waals surface area (Å²) in [6, 6.07) is 7.92. The van der Waals surface area contributed by atoms with Gasteiger partial charge in [-0.15, -0.1) is 11.3 Å². The summed E-state index contributed by atoms with van der Waals surface area (Å²) in [6.45, 7) is 7.67. The molecule has 0 aliphatic rings. The molecule has 0 aliphatic carbocycles. The first-order valence-corrected chi connectivity index (χ1v) is 8.75. The minimum Gasteiger partial charge on any atom is -0.462 e. The van der Waals surface area contributed by atoms with Gasteiger partial charge in [0.05, 0.1) is 18.6 Å². The zero-order valence-corrected chi connectivity index (χ0v) is 15.5. The Bertz CT molecular complexity index is 862. The van der Waals surface area contributed by atoms with Crippen LogP contribution in [0.2, 0.25) is 0 Å². The highest BCUT2D eigenvalue weighted by Crippen LogP contribution is 2.33. The molecule has 5 nitrogen and oxygen atoms in total. The molecule has 1 heterocycles. The number of aryl methyl sites for hydroxylation is 2. The molecule has 0 spiro atoms. The number of carbonyl (C=O) groups excluding carboxylic acids is 2. The fraction of sp³-hybridized carbons (Fsp3) is 0.316. The van der Waals surface area contributed by atoms with Crippen molar-refractivity contribution in [1.29, 1.82) is 5.26 Å². The van der Waals surface area contributed by atoms with Crippen LogP contribution >= 0.6 is 11.3 Å². The number of benzene rings is 1. The lowest BCUT2D eigenvalue weighted by Crippen LogP contribution is -2.14. The lowest BCUT2D eigenvalue weighted by Gasteiger charge is -2.06. The number of anilines is 1. The molecule has 0 aliphatic heterocycles.